The van der Waals surface area contributed by atoms with Crippen LogP contribution >= 0.6 is 0 Å². The van der Waals surface area contributed by atoms with Gasteiger partial charge in [-0.15, -0.1) is 0 Å². The molecule has 4 aliphatic rings. The predicted molar refractivity (Wildman–Crippen MR) is 218 cm³/mol. The molecule has 0 amide bonds. The summed E-state index contributed by atoms with van der Waals surface area (Å²) in [5.74, 6) is 3.17. The molecular formula is C50H37N3O. The van der Waals surface area contributed by atoms with Crippen LogP contribution in [0.5, 0.6) is 11.5 Å². The van der Waals surface area contributed by atoms with Crippen molar-refractivity contribution in [2.75, 3.05) is 0 Å². The van der Waals surface area contributed by atoms with Crippen molar-refractivity contribution in [2.45, 2.75) is 23.7 Å². The van der Waals surface area contributed by atoms with Crippen LogP contribution in [-0.4, -0.2) is 5.84 Å². The minimum Gasteiger partial charge on any atom is -0.457 e. The number of hydrogen-bond acceptors (Lipinski definition) is 4. The van der Waals surface area contributed by atoms with Crippen LogP contribution < -0.4 is 15.4 Å². The number of fused-ring (bicyclic) bond motifs is 10. The molecule has 4 heteroatoms. The van der Waals surface area contributed by atoms with E-state index in [1.54, 1.807) is 0 Å². The number of hydrogen-bond donors (Lipinski definition) is 2. The highest BCUT2D eigenvalue weighted by atomic mass is 16.5. The SMILES string of the molecule is C1=CC2c3ccc(C4NC(c5cccc(-c6cccc7ccccc67)c5)=NC(c5ccccc5)N4)cc3C3(c4ccccc4Oc4ccccc43)C2C=C1. The van der Waals surface area contributed by atoms with Crippen molar-refractivity contribution in [3.8, 4) is 22.6 Å². The molecule has 4 atom stereocenters. The molecule has 0 aromatic heterocycles. The Labute approximate surface area is 315 Å². The van der Waals surface area contributed by atoms with Gasteiger partial charge in [-0.2, -0.15) is 0 Å². The topological polar surface area (TPSA) is 45.7 Å². The maximum atomic E-state index is 6.61. The number of benzene rings is 7. The second-order valence-electron chi connectivity index (χ2n) is 14.7. The van der Waals surface area contributed by atoms with Crippen molar-refractivity contribution in [1.82, 2.24) is 10.6 Å². The minimum absolute atomic E-state index is 0.203. The number of nitrogens with zero attached hydrogens (tertiary/aromatic N) is 1. The Hall–Kier alpha value is -6.49. The highest BCUT2D eigenvalue weighted by molar-refractivity contribution is 6.02. The third-order valence-electron chi connectivity index (χ3n) is 11.9. The number of allylic oxidation sites excluding steroid dienone is 4. The lowest BCUT2D eigenvalue weighted by Gasteiger charge is -2.43. The lowest BCUT2D eigenvalue weighted by molar-refractivity contribution is 0.373. The van der Waals surface area contributed by atoms with E-state index >= 15 is 0 Å². The molecule has 0 radical (unpaired) electrons. The van der Waals surface area contributed by atoms with Crippen LogP contribution in [0.15, 0.2) is 193 Å². The average molecular weight is 696 g/mol. The maximum Gasteiger partial charge on any atom is 0.131 e. The Morgan fingerprint density at radius 2 is 1.26 bits per heavy atom. The van der Waals surface area contributed by atoms with Crippen LogP contribution in [-0.2, 0) is 5.41 Å². The van der Waals surface area contributed by atoms with Crippen LogP contribution in [0, 0.1) is 5.92 Å². The molecule has 1 spiro atoms. The highest BCUT2D eigenvalue weighted by Crippen LogP contribution is 2.64. The summed E-state index contributed by atoms with van der Waals surface area (Å²) in [6.07, 6.45) is 8.78. The number of para-hydroxylation sites is 2. The van der Waals surface area contributed by atoms with Gasteiger partial charge < -0.3 is 10.1 Å². The number of aliphatic imine (C=N–C) groups is 1. The fourth-order valence-corrected chi connectivity index (χ4v) is 9.55. The molecule has 54 heavy (non-hydrogen) atoms. The molecule has 4 unspecified atom stereocenters. The summed E-state index contributed by atoms with van der Waals surface area (Å²) in [7, 11) is 0. The molecule has 7 aromatic carbocycles. The van der Waals surface area contributed by atoms with E-state index in [4.69, 9.17) is 9.73 Å². The van der Waals surface area contributed by atoms with Gasteiger partial charge in [0.25, 0.3) is 0 Å². The first-order valence-electron chi connectivity index (χ1n) is 18.9. The average Bonchev–Trinajstić information content (AvgIpc) is 3.53. The van der Waals surface area contributed by atoms with Crippen LogP contribution in [0.1, 0.15) is 57.2 Å². The van der Waals surface area contributed by atoms with Gasteiger partial charge in [0.2, 0.25) is 0 Å². The third-order valence-corrected chi connectivity index (χ3v) is 11.9. The first-order valence-corrected chi connectivity index (χ1v) is 18.9. The lowest BCUT2D eigenvalue weighted by Crippen LogP contribution is -2.45. The van der Waals surface area contributed by atoms with Gasteiger partial charge in [0.05, 0.1) is 5.41 Å². The highest BCUT2D eigenvalue weighted by Gasteiger charge is 2.56. The van der Waals surface area contributed by atoms with E-state index in [2.05, 4.69) is 199 Å². The van der Waals surface area contributed by atoms with E-state index in [1.165, 1.54) is 49.7 Å². The number of ether oxygens (including phenoxy) is 1. The zero-order chi connectivity index (χ0) is 35.6. The van der Waals surface area contributed by atoms with E-state index in [0.29, 0.717) is 0 Å². The summed E-state index contributed by atoms with van der Waals surface area (Å²) in [5.41, 5.74) is 10.4. The van der Waals surface area contributed by atoms with Crippen LogP contribution in [0.2, 0.25) is 0 Å². The Morgan fingerprint density at radius 1 is 0.556 bits per heavy atom. The van der Waals surface area contributed by atoms with Crippen LogP contribution in [0.25, 0.3) is 21.9 Å². The molecule has 2 heterocycles. The molecule has 0 bridgehead atoms. The van der Waals surface area contributed by atoms with E-state index < -0.39 is 5.41 Å². The molecule has 0 saturated heterocycles. The zero-order valence-electron chi connectivity index (χ0n) is 29.6. The normalized spacial score (nSPS) is 21.3. The summed E-state index contributed by atoms with van der Waals surface area (Å²) < 4.78 is 6.61. The Morgan fingerprint density at radius 3 is 2.11 bits per heavy atom. The van der Waals surface area contributed by atoms with Gasteiger partial charge in [-0.1, -0.05) is 170 Å². The Kier molecular flexibility index (Phi) is 7.08. The van der Waals surface area contributed by atoms with Crippen molar-refractivity contribution in [3.63, 3.8) is 0 Å². The van der Waals surface area contributed by atoms with E-state index in [9.17, 15) is 0 Å². The second kappa shape index (κ2) is 12.3. The fourth-order valence-electron chi connectivity index (χ4n) is 9.55. The molecular weight excluding hydrogens is 659 g/mol. The second-order valence-corrected chi connectivity index (χ2v) is 14.7. The van der Waals surface area contributed by atoms with Gasteiger partial charge in [-0.05, 0) is 62.4 Å². The van der Waals surface area contributed by atoms with Gasteiger partial charge in [0, 0.05) is 28.5 Å². The Balaban J connectivity index is 1.06. The molecule has 2 N–H and O–H groups in total. The molecule has 0 fully saturated rings. The van der Waals surface area contributed by atoms with Gasteiger partial charge in [-0.25, -0.2) is 4.99 Å². The molecule has 2 aliphatic heterocycles. The number of rotatable bonds is 4. The Bertz CT molecular complexity index is 2640. The molecule has 4 nitrogen and oxygen atoms in total. The summed E-state index contributed by atoms with van der Waals surface area (Å²) in [4.78, 5) is 5.33. The smallest absolute Gasteiger partial charge is 0.131 e. The van der Waals surface area contributed by atoms with Crippen molar-refractivity contribution >= 4 is 16.6 Å². The number of amidine groups is 1. The predicted octanol–water partition coefficient (Wildman–Crippen LogP) is 11.1. The number of nitrogens with one attached hydrogen (secondary N) is 2. The fraction of sp³-hybridized carbons (Fsp3) is 0.100. The summed E-state index contributed by atoms with van der Waals surface area (Å²) >= 11 is 0. The largest absolute Gasteiger partial charge is 0.457 e. The van der Waals surface area contributed by atoms with E-state index in [0.717, 1.165) is 28.5 Å². The molecule has 11 rings (SSSR count). The monoisotopic (exact) mass is 695 g/mol. The van der Waals surface area contributed by atoms with Gasteiger partial charge in [-0.3, -0.25) is 5.32 Å². The zero-order valence-corrected chi connectivity index (χ0v) is 29.6. The van der Waals surface area contributed by atoms with E-state index in [1.807, 2.05) is 0 Å². The minimum atomic E-state index is -0.417. The molecule has 258 valence electrons. The first kappa shape index (κ1) is 31.1. The van der Waals surface area contributed by atoms with Crippen molar-refractivity contribution in [2.24, 2.45) is 10.9 Å². The molecule has 2 aliphatic carbocycles. The maximum absolute atomic E-state index is 6.61. The van der Waals surface area contributed by atoms with Gasteiger partial charge >= 0.3 is 0 Å². The van der Waals surface area contributed by atoms with Gasteiger partial charge in [0.15, 0.2) is 0 Å². The van der Waals surface area contributed by atoms with Gasteiger partial charge in [0.1, 0.15) is 29.7 Å². The molecule has 0 saturated carbocycles. The summed E-state index contributed by atoms with van der Waals surface area (Å²) in [6, 6.07) is 58.8. The van der Waals surface area contributed by atoms with Crippen molar-refractivity contribution in [3.05, 3.63) is 227 Å². The first-order chi connectivity index (χ1) is 26.8. The van der Waals surface area contributed by atoms with Crippen molar-refractivity contribution in [1.29, 1.82) is 0 Å². The third kappa shape index (κ3) is 4.70. The quantitative estimate of drug-likeness (QED) is 0.193. The lowest BCUT2D eigenvalue weighted by atomic mass is 9.62. The standard InChI is InChI=1S/C50H37N3O/c1-2-15-33(16-3-1)47-51-48(35-19-12-18-34(30-35)38-22-13-17-32-14-4-5-20-37(32)38)53-49(52-47)36-28-29-40-39-21-6-7-23-41(39)50(44(40)31-36)42-24-8-10-26-45(42)54-46-27-11-9-25-43(46)50/h1-31,39,41,47,49,52H,(H,51,53). The van der Waals surface area contributed by atoms with Crippen LogP contribution in [0.3, 0.4) is 0 Å². The van der Waals surface area contributed by atoms with E-state index in [-0.39, 0.29) is 24.2 Å². The van der Waals surface area contributed by atoms with Crippen molar-refractivity contribution < 1.29 is 4.74 Å². The van der Waals surface area contributed by atoms with Crippen LogP contribution in [0.4, 0.5) is 0 Å². The molecule has 7 aromatic rings. The summed E-state index contributed by atoms with van der Waals surface area (Å²) in [6.45, 7) is 0. The summed E-state index contributed by atoms with van der Waals surface area (Å²) in [5, 5.41) is 10.2.